The van der Waals surface area contributed by atoms with Crippen LogP contribution < -0.4 is 4.90 Å². The largest absolute Gasteiger partial charge is 0.368 e. The quantitative estimate of drug-likeness (QED) is 0.804. The van der Waals surface area contributed by atoms with Crippen LogP contribution in [0.4, 0.5) is 5.82 Å². The number of rotatable bonds is 2. The van der Waals surface area contributed by atoms with Crippen LogP contribution in [0.3, 0.4) is 0 Å². The van der Waals surface area contributed by atoms with E-state index in [-0.39, 0.29) is 12.0 Å². The standard InChI is InChI=1S/C22H26N4O2/c1-15-11-17-13-18(14-23)21(24-19(17)12-16(15)2)25-6-4-7-26(9-8-25)22(27)20-5-3-10-28-20/h11-13,20H,3-10H2,1-2H3/t20-/m1/s1. The molecule has 2 aliphatic rings. The van der Waals surface area contributed by atoms with Gasteiger partial charge in [-0.15, -0.1) is 0 Å². The molecule has 0 aliphatic carbocycles. The van der Waals surface area contributed by atoms with E-state index in [1.807, 2.05) is 11.0 Å². The maximum absolute atomic E-state index is 12.7. The van der Waals surface area contributed by atoms with E-state index in [1.54, 1.807) is 0 Å². The first-order valence-corrected chi connectivity index (χ1v) is 10.0. The zero-order valence-electron chi connectivity index (χ0n) is 16.6. The molecular weight excluding hydrogens is 352 g/mol. The summed E-state index contributed by atoms with van der Waals surface area (Å²) in [4.78, 5) is 21.6. The Labute approximate surface area is 165 Å². The van der Waals surface area contributed by atoms with Gasteiger partial charge in [-0.05, 0) is 62.4 Å². The van der Waals surface area contributed by atoms with Crippen molar-refractivity contribution in [2.45, 2.75) is 39.2 Å². The van der Waals surface area contributed by atoms with Gasteiger partial charge < -0.3 is 14.5 Å². The van der Waals surface area contributed by atoms with E-state index in [0.717, 1.165) is 49.1 Å². The van der Waals surface area contributed by atoms with Crippen LogP contribution in [0.25, 0.3) is 10.9 Å². The first-order valence-electron chi connectivity index (χ1n) is 10.0. The molecule has 1 atom stereocenters. The molecule has 0 radical (unpaired) electrons. The Balaban J connectivity index is 1.58. The number of benzene rings is 1. The van der Waals surface area contributed by atoms with E-state index in [1.165, 1.54) is 11.1 Å². The number of nitriles is 1. The van der Waals surface area contributed by atoms with Gasteiger partial charge in [-0.1, -0.05) is 0 Å². The molecule has 0 N–H and O–H groups in total. The van der Waals surface area contributed by atoms with E-state index < -0.39 is 0 Å². The summed E-state index contributed by atoms with van der Waals surface area (Å²) in [6, 6.07) is 8.42. The minimum Gasteiger partial charge on any atom is -0.368 e. The van der Waals surface area contributed by atoms with Crippen LogP contribution >= 0.6 is 0 Å². The van der Waals surface area contributed by atoms with Gasteiger partial charge in [-0.2, -0.15) is 5.26 Å². The summed E-state index contributed by atoms with van der Waals surface area (Å²) < 4.78 is 5.57. The normalized spacial score (nSPS) is 20.2. The molecule has 0 spiro atoms. The van der Waals surface area contributed by atoms with Crippen molar-refractivity contribution in [3.05, 3.63) is 34.9 Å². The predicted molar refractivity (Wildman–Crippen MR) is 108 cm³/mol. The molecule has 2 aromatic rings. The molecule has 1 amide bonds. The molecule has 2 fully saturated rings. The summed E-state index contributed by atoms with van der Waals surface area (Å²) in [5.41, 5.74) is 3.90. The van der Waals surface area contributed by atoms with Crippen LogP contribution in [-0.2, 0) is 9.53 Å². The molecule has 6 heteroatoms. The second kappa shape index (κ2) is 7.76. The Bertz CT molecular complexity index is 944. The number of ether oxygens (including phenoxy) is 1. The number of carbonyl (C=O) groups excluding carboxylic acids is 1. The monoisotopic (exact) mass is 378 g/mol. The smallest absolute Gasteiger partial charge is 0.251 e. The summed E-state index contributed by atoms with van der Waals surface area (Å²) in [6.45, 7) is 7.66. The number of hydrogen-bond acceptors (Lipinski definition) is 5. The highest BCUT2D eigenvalue weighted by molar-refractivity contribution is 5.85. The molecule has 4 rings (SSSR count). The fraction of sp³-hybridized carbons (Fsp3) is 0.500. The zero-order chi connectivity index (χ0) is 19.7. The number of nitrogens with zero attached hydrogens (tertiary/aromatic N) is 4. The average molecular weight is 378 g/mol. The lowest BCUT2D eigenvalue weighted by atomic mass is 10.0. The van der Waals surface area contributed by atoms with Crippen molar-refractivity contribution in [2.75, 3.05) is 37.7 Å². The van der Waals surface area contributed by atoms with Crippen molar-refractivity contribution in [3.63, 3.8) is 0 Å². The molecule has 146 valence electrons. The lowest BCUT2D eigenvalue weighted by Crippen LogP contribution is -2.41. The fourth-order valence-electron chi connectivity index (χ4n) is 4.08. The number of amides is 1. The molecular formula is C22H26N4O2. The summed E-state index contributed by atoms with van der Waals surface area (Å²) >= 11 is 0. The third kappa shape index (κ3) is 3.55. The first kappa shape index (κ1) is 18.7. The Hall–Kier alpha value is -2.65. The predicted octanol–water partition coefficient (Wildman–Crippen LogP) is 2.94. The van der Waals surface area contributed by atoms with Crippen molar-refractivity contribution in [2.24, 2.45) is 0 Å². The van der Waals surface area contributed by atoms with E-state index in [4.69, 9.17) is 9.72 Å². The van der Waals surface area contributed by atoms with Gasteiger partial charge in [-0.3, -0.25) is 4.79 Å². The highest BCUT2D eigenvalue weighted by Gasteiger charge is 2.30. The van der Waals surface area contributed by atoms with E-state index in [9.17, 15) is 10.1 Å². The Kier molecular flexibility index (Phi) is 5.19. The van der Waals surface area contributed by atoms with Crippen LogP contribution in [0, 0.1) is 25.2 Å². The number of pyridine rings is 1. The van der Waals surface area contributed by atoms with Gasteiger partial charge in [0.05, 0.1) is 11.1 Å². The SMILES string of the molecule is Cc1cc2cc(C#N)c(N3CCCN(C(=O)[C@H]4CCCO4)CC3)nc2cc1C. The molecule has 3 heterocycles. The third-order valence-electron chi connectivity index (χ3n) is 5.84. The van der Waals surface area contributed by atoms with Crippen LogP contribution in [0.15, 0.2) is 18.2 Å². The molecule has 0 saturated carbocycles. The maximum Gasteiger partial charge on any atom is 0.251 e. The first-order chi connectivity index (χ1) is 13.6. The van der Waals surface area contributed by atoms with Gasteiger partial charge >= 0.3 is 0 Å². The average Bonchev–Trinajstić information content (AvgIpc) is 3.12. The van der Waals surface area contributed by atoms with Gasteiger partial charge in [0.25, 0.3) is 5.91 Å². The molecule has 28 heavy (non-hydrogen) atoms. The van der Waals surface area contributed by atoms with Crippen molar-refractivity contribution in [1.29, 1.82) is 5.26 Å². The Morgan fingerprint density at radius 3 is 2.71 bits per heavy atom. The summed E-state index contributed by atoms with van der Waals surface area (Å²) in [5.74, 6) is 0.835. The van der Waals surface area contributed by atoms with E-state index in [2.05, 4.69) is 36.9 Å². The Morgan fingerprint density at radius 1 is 1.14 bits per heavy atom. The highest BCUT2D eigenvalue weighted by atomic mass is 16.5. The second-order valence-electron chi connectivity index (χ2n) is 7.77. The summed E-state index contributed by atoms with van der Waals surface area (Å²) in [6.07, 6.45) is 2.37. The topological polar surface area (TPSA) is 69.5 Å². The van der Waals surface area contributed by atoms with Crippen molar-refractivity contribution in [3.8, 4) is 6.07 Å². The Morgan fingerprint density at radius 2 is 1.96 bits per heavy atom. The molecule has 6 nitrogen and oxygen atoms in total. The number of aromatic nitrogens is 1. The van der Waals surface area contributed by atoms with Crippen LogP contribution in [0.5, 0.6) is 0 Å². The minimum atomic E-state index is -0.272. The van der Waals surface area contributed by atoms with E-state index in [0.29, 0.717) is 25.3 Å². The van der Waals surface area contributed by atoms with Crippen molar-refractivity contribution < 1.29 is 9.53 Å². The van der Waals surface area contributed by atoms with Gasteiger partial charge in [0.15, 0.2) is 0 Å². The van der Waals surface area contributed by atoms with Gasteiger partial charge in [-0.25, -0.2) is 4.98 Å². The number of carbonyl (C=O) groups is 1. The molecule has 0 bridgehead atoms. The van der Waals surface area contributed by atoms with Gasteiger partial charge in [0, 0.05) is 38.2 Å². The highest BCUT2D eigenvalue weighted by Crippen LogP contribution is 2.26. The van der Waals surface area contributed by atoms with Crippen LogP contribution in [0.1, 0.15) is 36.0 Å². The number of hydrogen-bond donors (Lipinski definition) is 0. The lowest BCUT2D eigenvalue weighted by Gasteiger charge is -2.25. The fourth-order valence-corrected chi connectivity index (χ4v) is 4.08. The zero-order valence-corrected chi connectivity index (χ0v) is 16.6. The molecule has 1 aromatic carbocycles. The number of anilines is 1. The second-order valence-corrected chi connectivity index (χ2v) is 7.77. The molecule has 0 unspecified atom stereocenters. The van der Waals surface area contributed by atoms with Gasteiger partial charge in [0.1, 0.15) is 18.0 Å². The summed E-state index contributed by atoms with van der Waals surface area (Å²) in [7, 11) is 0. The van der Waals surface area contributed by atoms with Gasteiger partial charge in [0.2, 0.25) is 0 Å². The molecule has 2 aliphatic heterocycles. The van der Waals surface area contributed by atoms with Crippen LogP contribution in [0.2, 0.25) is 0 Å². The molecule has 1 aromatic heterocycles. The summed E-state index contributed by atoms with van der Waals surface area (Å²) in [5, 5.41) is 10.7. The maximum atomic E-state index is 12.7. The van der Waals surface area contributed by atoms with E-state index >= 15 is 0 Å². The van der Waals surface area contributed by atoms with Crippen molar-refractivity contribution >= 4 is 22.6 Å². The van der Waals surface area contributed by atoms with Crippen molar-refractivity contribution in [1.82, 2.24) is 9.88 Å². The third-order valence-corrected chi connectivity index (χ3v) is 5.84. The number of fused-ring (bicyclic) bond motifs is 1. The number of aryl methyl sites for hydroxylation is 2. The van der Waals surface area contributed by atoms with Crippen LogP contribution in [-0.4, -0.2) is 54.7 Å². The minimum absolute atomic E-state index is 0.109. The lowest BCUT2D eigenvalue weighted by molar-refractivity contribution is -0.140. The molecule has 2 saturated heterocycles.